The molecule has 0 saturated carbocycles. The maximum Gasteiger partial charge on any atom is 0.254 e. The average Bonchev–Trinajstić information content (AvgIpc) is 3.34. The van der Waals surface area contributed by atoms with Crippen molar-refractivity contribution in [3.63, 3.8) is 0 Å². The molecule has 1 saturated heterocycles. The smallest absolute Gasteiger partial charge is 0.254 e. The van der Waals surface area contributed by atoms with Gasteiger partial charge in [0.2, 0.25) is 5.91 Å². The lowest BCUT2D eigenvalue weighted by Gasteiger charge is -2.41. The second-order valence-electron chi connectivity index (χ2n) is 8.06. The van der Waals surface area contributed by atoms with Crippen LogP contribution >= 0.6 is 11.3 Å². The summed E-state index contributed by atoms with van der Waals surface area (Å²) in [5.41, 5.74) is 7.90. The van der Waals surface area contributed by atoms with Gasteiger partial charge in [-0.15, -0.1) is 11.3 Å². The highest BCUT2D eigenvalue weighted by Crippen LogP contribution is 2.36. The number of nitrogens with zero attached hydrogens (tertiary/aromatic N) is 1. The van der Waals surface area contributed by atoms with Gasteiger partial charge in [-0.3, -0.25) is 9.59 Å². The molecule has 1 aliphatic heterocycles. The van der Waals surface area contributed by atoms with Crippen LogP contribution in [0.2, 0.25) is 0 Å². The first-order valence-corrected chi connectivity index (χ1v) is 11.2. The fourth-order valence-corrected chi connectivity index (χ4v) is 5.07. The van der Waals surface area contributed by atoms with Gasteiger partial charge in [-0.1, -0.05) is 36.4 Å². The summed E-state index contributed by atoms with van der Waals surface area (Å²) in [6, 6.07) is 19.5. The Morgan fingerprint density at radius 3 is 2.71 bits per heavy atom. The summed E-state index contributed by atoms with van der Waals surface area (Å²) in [4.78, 5) is 28.8. The third-order valence-electron chi connectivity index (χ3n) is 5.98. The number of nitrogens with two attached hydrogens (primary N) is 1. The highest BCUT2D eigenvalue weighted by atomic mass is 32.1. The number of thiophene rings is 1. The molecule has 1 aromatic heterocycles. The standard InChI is InChI=1S/C25H26N2O3S/c1-30-21-9-3-8-20(15-21)23(28)27-12-5-11-25(17-27,24(26)29)16-18-6-2-7-19(14-18)22-10-4-13-31-22/h2-4,6-10,13-15H,5,11-12,16-17H2,1H3,(H2,26,29). The number of likely N-dealkylation sites (tertiary alicyclic amines) is 1. The van der Waals surface area contributed by atoms with Gasteiger partial charge in [-0.05, 0) is 60.0 Å². The molecule has 3 aromatic rings. The number of hydrogen-bond acceptors (Lipinski definition) is 4. The molecular weight excluding hydrogens is 408 g/mol. The van der Waals surface area contributed by atoms with Crippen molar-refractivity contribution in [1.82, 2.24) is 4.90 Å². The van der Waals surface area contributed by atoms with E-state index >= 15 is 0 Å². The van der Waals surface area contributed by atoms with Crippen molar-refractivity contribution in [1.29, 1.82) is 0 Å². The van der Waals surface area contributed by atoms with Crippen LogP contribution in [0.15, 0.2) is 66.0 Å². The molecular formula is C25H26N2O3S. The van der Waals surface area contributed by atoms with Crippen molar-refractivity contribution < 1.29 is 14.3 Å². The van der Waals surface area contributed by atoms with Crippen molar-refractivity contribution in [2.45, 2.75) is 19.3 Å². The summed E-state index contributed by atoms with van der Waals surface area (Å²) < 4.78 is 5.25. The first-order valence-electron chi connectivity index (χ1n) is 10.4. The van der Waals surface area contributed by atoms with E-state index in [1.807, 2.05) is 18.2 Å². The Hall–Kier alpha value is -3.12. The largest absolute Gasteiger partial charge is 0.497 e. The summed E-state index contributed by atoms with van der Waals surface area (Å²) in [6.07, 6.45) is 1.93. The van der Waals surface area contributed by atoms with Crippen molar-refractivity contribution in [2.24, 2.45) is 11.1 Å². The molecule has 31 heavy (non-hydrogen) atoms. The lowest BCUT2D eigenvalue weighted by molar-refractivity contribution is -0.130. The molecule has 0 bridgehead atoms. The Morgan fingerprint density at radius 2 is 1.97 bits per heavy atom. The van der Waals surface area contributed by atoms with E-state index < -0.39 is 5.41 Å². The molecule has 2 amide bonds. The van der Waals surface area contributed by atoms with Gasteiger partial charge in [0.05, 0.1) is 12.5 Å². The lowest BCUT2D eigenvalue weighted by atomic mass is 9.74. The van der Waals surface area contributed by atoms with Gasteiger partial charge in [0.25, 0.3) is 5.91 Å². The van der Waals surface area contributed by atoms with Crippen LogP contribution < -0.4 is 10.5 Å². The quantitative estimate of drug-likeness (QED) is 0.626. The number of rotatable bonds is 6. The molecule has 2 N–H and O–H groups in total. The van der Waals surface area contributed by atoms with Gasteiger partial charge in [-0.2, -0.15) is 0 Å². The highest BCUT2D eigenvalue weighted by Gasteiger charge is 2.42. The topological polar surface area (TPSA) is 72.6 Å². The number of primary amides is 1. The second kappa shape index (κ2) is 8.94. The van der Waals surface area contributed by atoms with E-state index in [4.69, 9.17) is 10.5 Å². The molecule has 0 spiro atoms. The van der Waals surface area contributed by atoms with Crippen LogP contribution in [0.1, 0.15) is 28.8 Å². The van der Waals surface area contributed by atoms with Gasteiger partial charge < -0.3 is 15.4 Å². The van der Waals surface area contributed by atoms with Crippen LogP contribution in [0, 0.1) is 5.41 Å². The number of hydrogen-bond donors (Lipinski definition) is 1. The van der Waals surface area contributed by atoms with E-state index in [-0.39, 0.29) is 11.8 Å². The SMILES string of the molecule is COc1cccc(C(=O)N2CCCC(Cc3cccc(-c4cccs4)c3)(C(N)=O)C2)c1. The van der Waals surface area contributed by atoms with Gasteiger partial charge in [0, 0.05) is 23.5 Å². The molecule has 2 heterocycles. The highest BCUT2D eigenvalue weighted by molar-refractivity contribution is 7.13. The van der Waals surface area contributed by atoms with Gasteiger partial charge in [-0.25, -0.2) is 0 Å². The number of carbonyl (C=O) groups is 2. The molecule has 5 nitrogen and oxygen atoms in total. The monoisotopic (exact) mass is 434 g/mol. The summed E-state index contributed by atoms with van der Waals surface area (Å²) in [5, 5.41) is 2.05. The first kappa shape index (κ1) is 21.1. The normalized spacial score (nSPS) is 18.5. The van der Waals surface area contributed by atoms with Crippen LogP contribution in [0.25, 0.3) is 10.4 Å². The fourth-order valence-electron chi connectivity index (χ4n) is 4.34. The van der Waals surface area contributed by atoms with Crippen molar-refractivity contribution in [3.05, 3.63) is 77.2 Å². The Bertz CT molecular complexity index is 1080. The Kier molecular flexibility index (Phi) is 6.09. The van der Waals surface area contributed by atoms with Crippen LogP contribution in [0.4, 0.5) is 0 Å². The van der Waals surface area contributed by atoms with E-state index in [2.05, 4.69) is 23.6 Å². The maximum absolute atomic E-state index is 13.2. The number of piperidine rings is 1. The van der Waals surface area contributed by atoms with Crippen LogP contribution in [-0.4, -0.2) is 36.9 Å². The van der Waals surface area contributed by atoms with E-state index in [0.717, 1.165) is 17.5 Å². The first-order chi connectivity index (χ1) is 15.0. The number of carbonyl (C=O) groups excluding carboxylic acids is 2. The number of amides is 2. The predicted octanol–water partition coefficient (Wildman–Crippen LogP) is 4.37. The van der Waals surface area contributed by atoms with Crippen LogP contribution in [0.3, 0.4) is 0 Å². The van der Waals surface area contributed by atoms with Crippen molar-refractivity contribution in [2.75, 3.05) is 20.2 Å². The van der Waals surface area contributed by atoms with Gasteiger partial charge in [0.1, 0.15) is 5.75 Å². The molecule has 1 fully saturated rings. The van der Waals surface area contributed by atoms with Crippen molar-refractivity contribution >= 4 is 23.2 Å². The van der Waals surface area contributed by atoms with Crippen molar-refractivity contribution in [3.8, 4) is 16.2 Å². The summed E-state index contributed by atoms with van der Waals surface area (Å²) >= 11 is 1.69. The zero-order valence-corrected chi connectivity index (χ0v) is 18.4. The third kappa shape index (κ3) is 4.49. The summed E-state index contributed by atoms with van der Waals surface area (Å²) in [5.74, 6) is 0.183. The molecule has 0 aliphatic carbocycles. The zero-order chi connectivity index (χ0) is 21.8. The molecule has 1 aliphatic rings. The van der Waals surface area contributed by atoms with E-state index in [9.17, 15) is 9.59 Å². The van der Waals surface area contributed by atoms with Gasteiger partial charge >= 0.3 is 0 Å². The Morgan fingerprint density at radius 1 is 1.13 bits per heavy atom. The average molecular weight is 435 g/mol. The minimum absolute atomic E-state index is 0.100. The second-order valence-corrected chi connectivity index (χ2v) is 9.01. The predicted molar refractivity (Wildman–Crippen MR) is 123 cm³/mol. The minimum atomic E-state index is -0.777. The molecule has 4 rings (SSSR count). The molecule has 160 valence electrons. The number of benzene rings is 2. The molecule has 1 atom stereocenters. The van der Waals surface area contributed by atoms with Crippen LogP contribution in [-0.2, 0) is 11.2 Å². The minimum Gasteiger partial charge on any atom is -0.497 e. The third-order valence-corrected chi connectivity index (χ3v) is 6.90. The Balaban J connectivity index is 1.58. The summed E-state index contributed by atoms with van der Waals surface area (Å²) in [7, 11) is 1.58. The Labute approximate surface area is 186 Å². The maximum atomic E-state index is 13.2. The number of methoxy groups -OCH3 is 1. The summed E-state index contributed by atoms with van der Waals surface area (Å²) in [6.45, 7) is 0.932. The van der Waals surface area contributed by atoms with Gasteiger partial charge in [0.15, 0.2) is 0 Å². The molecule has 2 aromatic carbocycles. The lowest BCUT2D eigenvalue weighted by Crippen LogP contribution is -2.53. The molecule has 6 heteroatoms. The number of ether oxygens (including phenoxy) is 1. The zero-order valence-electron chi connectivity index (χ0n) is 17.5. The molecule has 0 radical (unpaired) electrons. The van der Waals surface area contributed by atoms with E-state index in [1.54, 1.807) is 47.6 Å². The van der Waals surface area contributed by atoms with E-state index in [0.29, 0.717) is 37.2 Å². The van der Waals surface area contributed by atoms with E-state index in [1.165, 1.54) is 4.88 Å². The fraction of sp³-hybridized carbons (Fsp3) is 0.280. The molecule has 1 unspecified atom stereocenters. The van der Waals surface area contributed by atoms with Crippen LogP contribution in [0.5, 0.6) is 5.75 Å².